The van der Waals surface area contributed by atoms with Crippen molar-refractivity contribution < 1.29 is 4.79 Å². The fourth-order valence-corrected chi connectivity index (χ4v) is 4.40. The minimum Gasteiger partial charge on any atom is -0.320 e. The average Bonchev–Trinajstić information content (AvgIpc) is 3.11. The Morgan fingerprint density at radius 2 is 1.89 bits per heavy atom. The molecule has 0 radical (unpaired) electrons. The van der Waals surface area contributed by atoms with Gasteiger partial charge in [0, 0.05) is 42.5 Å². The summed E-state index contributed by atoms with van der Waals surface area (Å²) >= 11 is 2.01. The van der Waals surface area contributed by atoms with Gasteiger partial charge in [0.05, 0.1) is 5.54 Å². The van der Waals surface area contributed by atoms with Crippen LogP contribution in [0.3, 0.4) is 0 Å². The molecule has 0 saturated carbocycles. The molecule has 1 aliphatic rings. The number of aromatic nitrogens is 2. The zero-order valence-electron chi connectivity index (χ0n) is 17.7. The third kappa shape index (κ3) is 4.97. The number of carbonyl (C=O) groups excluding carboxylic acids is 1. The van der Waals surface area contributed by atoms with Gasteiger partial charge in [0.1, 0.15) is 0 Å². The highest BCUT2D eigenvalue weighted by molar-refractivity contribution is 7.99. The van der Waals surface area contributed by atoms with Gasteiger partial charge < -0.3 is 5.32 Å². The summed E-state index contributed by atoms with van der Waals surface area (Å²) in [6.07, 6.45) is 0. The van der Waals surface area contributed by atoms with E-state index in [1.165, 1.54) is 11.5 Å². The molecule has 0 spiro atoms. The van der Waals surface area contributed by atoms with E-state index in [1.54, 1.807) is 0 Å². The Hall–Kier alpha value is -1.79. The summed E-state index contributed by atoms with van der Waals surface area (Å²) in [6.45, 7) is 13.7. The zero-order chi connectivity index (χ0) is 20.3. The molecule has 1 aliphatic heterocycles. The quantitative estimate of drug-likeness (QED) is 0.799. The third-order valence-electron chi connectivity index (χ3n) is 4.96. The highest BCUT2D eigenvalue weighted by Crippen LogP contribution is 2.25. The van der Waals surface area contributed by atoms with Crippen molar-refractivity contribution in [1.29, 1.82) is 0 Å². The number of nitrogens with one attached hydrogen (secondary N) is 1. The molecule has 1 amide bonds. The van der Waals surface area contributed by atoms with E-state index in [9.17, 15) is 4.79 Å². The van der Waals surface area contributed by atoms with Crippen molar-refractivity contribution in [2.75, 3.05) is 29.9 Å². The number of anilines is 1. The summed E-state index contributed by atoms with van der Waals surface area (Å²) in [5.41, 5.74) is 3.42. The van der Waals surface area contributed by atoms with E-state index in [0.717, 1.165) is 36.6 Å². The standard InChI is InChI=1S/C22H32N4OS/c1-16(2)20-14-19(24-26(20)22(3,4)5)21(27)23-18-9-7-6-8-17(18)15-25-10-12-28-13-11-25/h6-9,14,16H,10-13,15H2,1-5H3,(H,23,27). The fourth-order valence-electron chi connectivity index (χ4n) is 3.42. The smallest absolute Gasteiger partial charge is 0.276 e. The molecular formula is C22H32N4OS. The molecule has 28 heavy (non-hydrogen) atoms. The van der Waals surface area contributed by atoms with E-state index in [4.69, 9.17) is 0 Å². The van der Waals surface area contributed by atoms with Gasteiger partial charge in [-0.05, 0) is 44.4 Å². The number of amides is 1. The van der Waals surface area contributed by atoms with Crippen LogP contribution in [0.5, 0.6) is 0 Å². The lowest BCUT2D eigenvalue weighted by Gasteiger charge is -2.27. The van der Waals surface area contributed by atoms with Crippen LogP contribution in [0, 0.1) is 0 Å². The van der Waals surface area contributed by atoms with Crippen LogP contribution in [0.1, 0.15) is 62.3 Å². The molecule has 5 nitrogen and oxygen atoms in total. The first-order chi connectivity index (χ1) is 13.3. The minimum absolute atomic E-state index is 0.147. The summed E-state index contributed by atoms with van der Waals surface area (Å²) in [6, 6.07) is 10.0. The second-order valence-corrected chi connectivity index (χ2v) is 9.92. The van der Waals surface area contributed by atoms with Gasteiger partial charge in [-0.15, -0.1) is 0 Å². The largest absolute Gasteiger partial charge is 0.320 e. The van der Waals surface area contributed by atoms with E-state index in [-0.39, 0.29) is 11.4 Å². The van der Waals surface area contributed by atoms with Crippen molar-refractivity contribution in [3.05, 3.63) is 47.3 Å². The van der Waals surface area contributed by atoms with Gasteiger partial charge in [0.2, 0.25) is 0 Å². The van der Waals surface area contributed by atoms with Crippen LogP contribution in [0.4, 0.5) is 5.69 Å². The van der Waals surface area contributed by atoms with Gasteiger partial charge in [0.15, 0.2) is 5.69 Å². The number of para-hydroxylation sites is 1. The molecule has 152 valence electrons. The number of hydrogen-bond donors (Lipinski definition) is 1. The van der Waals surface area contributed by atoms with E-state index >= 15 is 0 Å². The van der Waals surface area contributed by atoms with Crippen LogP contribution in [0.15, 0.2) is 30.3 Å². The maximum Gasteiger partial charge on any atom is 0.276 e. The highest BCUT2D eigenvalue weighted by atomic mass is 32.2. The first-order valence-electron chi connectivity index (χ1n) is 10.1. The lowest BCUT2D eigenvalue weighted by atomic mass is 10.1. The number of carbonyl (C=O) groups is 1. The van der Waals surface area contributed by atoms with Crippen molar-refractivity contribution in [2.45, 2.75) is 52.6 Å². The van der Waals surface area contributed by atoms with Crippen molar-refractivity contribution in [3.63, 3.8) is 0 Å². The first-order valence-corrected chi connectivity index (χ1v) is 11.2. The monoisotopic (exact) mass is 400 g/mol. The molecule has 1 saturated heterocycles. The lowest BCUT2D eigenvalue weighted by molar-refractivity contribution is 0.102. The molecule has 0 unspecified atom stereocenters. The fraction of sp³-hybridized carbons (Fsp3) is 0.545. The molecule has 1 aromatic carbocycles. The summed E-state index contributed by atoms with van der Waals surface area (Å²) in [5.74, 6) is 2.51. The second kappa shape index (κ2) is 8.70. The predicted molar refractivity (Wildman–Crippen MR) is 118 cm³/mol. The van der Waals surface area contributed by atoms with Gasteiger partial charge >= 0.3 is 0 Å². The summed E-state index contributed by atoms with van der Waals surface area (Å²) < 4.78 is 1.98. The molecule has 1 fully saturated rings. The van der Waals surface area contributed by atoms with Gasteiger partial charge in [-0.3, -0.25) is 14.4 Å². The Kier molecular flexibility index (Phi) is 6.50. The molecule has 0 bridgehead atoms. The van der Waals surface area contributed by atoms with Crippen molar-refractivity contribution in [3.8, 4) is 0 Å². The normalized spacial score (nSPS) is 15.8. The molecule has 1 aromatic heterocycles. The van der Waals surface area contributed by atoms with Crippen molar-refractivity contribution in [2.24, 2.45) is 0 Å². The molecule has 2 aromatic rings. The van der Waals surface area contributed by atoms with E-state index in [2.05, 4.69) is 56.0 Å². The zero-order valence-corrected chi connectivity index (χ0v) is 18.5. The number of thioether (sulfide) groups is 1. The molecular weight excluding hydrogens is 368 g/mol. The predicted octanol–water partition coefficient (Wildman–Crippen LogP) is 4.56. The topological polar surface area (TPSA) is 50.2 Å². The Balaban J connectivity index is 1.80. The van der Waals surface area contributed by atoms with Crippen LogP contribution in [0.25, 0.3) is 0 Å². The summed E-state index contributed by atoms with van der Waals surface area (Å²) in [4.78, 5) is 15.4. The third-order valence-corrected chi connectivity index (χ3v) is 5.90. The number of benzene rings is 1. The van der Waals surface area contributed by atoms with Crippen molar-refractivity contribution in [1.82, 2.24) is 14.7 Å². The Bertz CT molecular complexity index is 816. The van der Waals surface area contributed by atoms with E-state index in [1.807, 2.05) is 40.7 Å². The summed E-state index contributed by atoms with van der Waals surface area (Å²) in [7, 11) is 0. The van der Waals surface area contributed by atoms with Crippen LogP contribution in [0.2, 0.25) is 0 Å². The Morgan fingerprint density at radius 1 is 1.21 bits per heavy atom. The highest BCUT2D eigenvalue weighted by Gasteiger charge is 2.24. The molecule has 1 N–H and O–H groups in total. The van der Waals surface area contributed by atoms with Crippen molar-refractivity contribution >= 4 is 23.4 Å². The van der Waals surface area contributed by atoms with Crippen LogP contribution < -0.4 is 5.32 Å². The molecule has 0 aliphatic carbocycles. The second-order valence-electron chi connectivity index (χ2n) is 8.69. The van der Waals surface area contributed by atoms with Crippen LogP contribution >= 0.6 is 11.8 Å². The maximum atomic E-state index is 13.0. The summed E-state index contributed by atoms with van der Waals surface area (Å²) in [5, 5.41) is 7.74. The first kappa shape index (κ1) is 20.9. The number of rotatable bonds is 5. The lowest BCUT2D eigenvalue weighted by Crippen LogP contribution is -2.32. The maximum absolute atomic E-state index is 13.0. The number of nitrogens with zero attached hydrogens (tertiary/aromatic N) is 3. The molecule has 3 rings (SSSR count). The number of hydrogen-bond acceptors (Lipinski definition) is 4. The average molecular weight is 401 g/mol. The molecule has 2 heterocycles. The molecule has 0 atom stereocenters. The minimum atomic E-state index is -0.164. The van der Waals surface area contributed by atoms with Crippen LogP contribution in [-0.2, 0) is 12.1 Å². The SMILES string of the molecule is CC(C)c1cc(C(=O)Nc2ccccc2CN2CCSCC2)nn1C(C)(C)C. The van der Waals surface area contributed by atoms with E-state index in [0.29, 0.717) is 11.6 Å². The van der Waals surface area contributed by atoms with E-state index < -0.39 is 0 Å². The Labute approximate surface area is 172 Å². The Morgan fingerprint density at radius 3 is 2.50 bits per heavy atom. The van der Waals surface area contributed by atoms with Gasteiger partial charge in [-0.25, -0.2) is 0 Å². The van der Waals surface area contributed by atoms with Crippen LogP contribution in [-0.4, -0.2) is 45.2 Å². The van der Waals surface area contributed by atoms with Gasteiger partial charge in [-0.1, -0.05) is 32.0 Å². The van der Waals surface area contributed by atoms with Gasteiger partial charge in [-0.2, -0.15) is 16.9 Å². The molecule has 6 heteroatoms. The van der Waals surface area contributed by atoms with Gasteiger partial charge in [0.25, 0.3) is 5.91 Å².